The number of ether oxygens (including phenoxy) is 2. The third kappa shape index (κ3) is 7.17. The lowest BCUT2D eigenvalue weighted by Gasteiger charge is -2.52. The number of halogens is 6. The first kappa shape index (κ1) is 34.8. The van der Waals surface area contributed by atoms with Gasteiger partial charge in [0.15, 0.2) is 14.0 Å². The predicted molar refractivity (Wildman–Crippen MR) is 162 cm³/mol. The molecule has 0 saturated heterocycles. The van der Waals surface area contributed by atoms with Crippen LogP contribution in [0.15, 0.2) is 35.2 Å². The summed E-state index contributed by atoms with van der Waals surface area (Å²) in [7, 11) is -2.09. The number of rotatable bonds is 7. The predicted octanol–water partition coefficient (Wildman–Crippen LogP) is 8.83. The molecule has 16 heteroatoms. The summed E-state index contributed by atoms with van der Waals surface area (Å²) in [6, 6.07) is 1.41. The van der Waals surface area contributed by atoms with Crippen molar-refractivity contribution in [2.24, 2.45) is 0 Å². The van der Waals surface area contributed by atoms with Gasteiger partial charge < -0.3 is 27.8 Å². The van der Waals surface area contributed by atoms with Crippen molar-refractivity contribution in [2.45, 2.75) is 102 Å². The van der Waals surface area contributed by atoms with E-state index in [4.69, 9.17) is 18.3 Å². The molecule has 47 heavy (non-hydrogen) atoms. The smallest absolute Gasteiger partial charge is 0.436 e. The van der Waals surface area contributed by atoms with Crippen LogP contribution in [0.1, 0.15) is 77.1 Å². The van der Waals surface area contributed by atoms with Crippen LogP contribution in [0.25, 0.3) is 16.6 Å². The molecule has 1 saturated carbocycles. The molecule has 1 fully saturated rings. The van der Waals surface area contributed by atoms with Crippen LogP contribution in [0.5, 0.6) is 5.75 Å². The van der Waals surface area contributed by atoms with Crippen LogP contribution >= 0.6 is 0 Å². The monoisotopic (exact) mass is 688 g/mol. The molecule has 3 aromatic rings. The summed E-state index contributed by atoms with van der Waals surface area (Å²) >= 11 is 0. The molecule has 0 radical (unpaired) electrons. The lowest BCUT2D eigenvalue weighted by Crippen LogP contribution is -2.54. The summed E-state index contributed by atoms with van der Waals surface area (Å²) < 4.78 is 105. The first-order valence-electron chi connectivity index (χ1n) is 15.2. The minimum atomic E-state index is -4.71. The number of alkyl halides is 6. The van der Waals surface area contributed by atoms with Crippen molar-refractivity contribution in [3.05, 3.63) is 47.9 Å². The number of carbonyl (C=O) groups excluding carboxylic acids is 1. The minimum Gasteiger partial charge on any atom is -0.457 e. The van der Waals surface area contributed by atoms with E-state index in [-0.39, 0.29) is 46.7 Å². The number of oxazole rings is 1. The zero-order valence-electron chi connectivity index (χ0n) is 27.2. The van der Waals surface area contributed by atoms with Crippen LogP contribution < -0.4 is 4.74 Å². The highest BCUT2D eigenvalue weighted by molar-refractivity contribution is 6.74. The van der Waals surface area contributed by atoms with Crippen molar-refractivity contribution in [1.29, 1.82) is 0 Å². The summed E-state index contributed by atoms with van der Waals surface area (Å²) in [5.74, 6) is -0.370. The van der Waals surface area contributed by atoms with Crippen molar-refractivity contribution in [3.63, 3.8) is 0 Å². The van der Waals surface area contributed by atoms with E-state index in [1.54, 1.807) is 11.5 Å². The Hall–Kier alpha value is -3.53. The zero-order valence-corrected chi connectivity index (χ0v) is 28.2. The Bertz CT molecular complexity index is 1670. The van der Waals surface area contributed by atoms with E-state index in [1.165, 1.54) is 23.4 Å². The highest BCUT2D eigenvalue weighted by Crippen LogP contribution is 2.51. The number of aromatic nitrogens is 3. The summed E-state index contributed by atoms with van der Waals surface area (Å²) in [6.07, 6.45) is -5.47. The fraction of sp³-hybridized carbons (Fsp3) is 0.581. The molecule has 5 rings (SSSR count). The Labute approximate surface area is 269 Å². The molecule has 258 valence electrons. The Morgan fingerprint density at radius 2 is 1.79 bits per heavy atom. The minimum absolute atomic E-state index is 0.00503. The number of benzene rings is 1. The molecular weight excluding hydrogens is 650 g/mol. The van der Waals surface area contributed by atoms with Crippen LogP contribution in [-0.4, -0.2) is 58.8 Å². The average Bonchev–Trinajstić information content (AvgIpc) is 3.58. The number of carbonyl (C=O) groups is 1. The molecule has 0 spiro atoms. The Kier molecular flexibility index (Phi) is 8.78. The van der Waals surface area contributed by atoms with Gasteiger partial charge in [-0.1, -0.05) is 26.8 Å². The Balaban J connectivity index is 1.24. The van der Waals surface area contributed by atoms with E-state index in [0.717, 1.165) is 6.07 Å². The van der Waals surface area contributed by atoms with Gasteiger partial charge in [0.2, 0.25) is 12.7 Å². The van der Waals surface area contributed by atoms with Crippen molar-refractivity contribution in [2.75, 3.05) is 13.3 Å². The molecule has 2 aromatic heterocycles. The Morgan fingerprint density at radius 3 is 2.36 bits per heavy atom. The third-order valence-electron chi connectivity index (χ3n) is 9.25. The van der Waals surface area contributed by atoms with Gasteiger partial charge in [0.1, 0.15) is 12.0 Å². The molecular formula is C31H38F6N4O5Si. The second-order valence-corrected chi connectivity index (χ2v) is 18.7. The van der Waals surface area contributed by atoms with Crippen LogP contribution in [0.4, 0.5) is 31.1 Å². The normalized spacial score (nSPS) is 22.7. The molecule has 0 bridgehead atoms. The van der Waals surface area contributed by atoms with Gasteiger partial charge in [0.25, 0.3) is 0 Å². The van der Waals surface area contributed by atoms with Gasteiger partial charge in [-0.25, -0.2) is 14.8 Å². The standard InChI is InChI=1S/C31H38F6N4O5Si/c1-18-10-19(26-39-24(15-43-26)31(35,36)37)8-9-40(18)27(42)45-17-44-21-11-22(30(32,33)34)25-23(12-21)38-16-41(25)20-13-29(5,14-20)46-47(6,7)28(2,3)4/h10-12,15-16,18,20H,8-9,13-14,17H2,1-7H3. The largest absolute Gasteiger partial charge is 0.457 e. The molecule has 1 atom stereocenters. The average molecular weight is 689 g/mol. The summed E-state index contributed by atoms with van der Waals surface area (Å²) in [5, 5.41) is -0.00503. The summed E-state index contributed by atoms with van der Waals surface area (Å²) in [5.41, 5.74) is -2.09. The SMILES string of the molecule is CC1C=C(c2nc(C(F)(F)F)co2)CCN1C(=O)OCOc1cc(C(F)(F)F)c2c(c1)ncn2C1CC(C)(O[Si](C)(C)C(C)(C)C)C1. The highest BCUT2D eigenvalue weighted by Gasteiger charge is 2.50. The van der Waals surface area contributed by atoms with E-state index in [9.17, 15) is 31.1 Å². The van der Waals surface area contributed by atoms with Crippen molar-refractivity contribution in [1.82, 2.24) is 19.4 Å². The summed E-state index contributed by atoms with van der Waals surface area (Å²) in [6.45, 7) is 13.8. The van der Waals surface area contributed by atoms with E-state index < -0.39 is 56.5 Å². The fourth-order valence-electron chi connectivity index (χ4n) is 5.83. The molecule has 1 aliphatic heterocycles. The van der Waals surface area contributed by atoms with E-state index >= 15 is 0 Å². The van der Waals surface area contributed by atoms with Gasteiger partial charge in [0.05, 0.1) is 34.6 Å². The van der Waals surface area contributed by atoms with Crippen LogP contribution in [0, 0.1) is 0 Å². The molecule has 3 heterocycles. The molecule has 1 aliphatic carbocycles. The lowest BCUT2D eigenvalue weighted by atomic mass is 9.77. The van der Waals surface area contributed by atoms with Crippen LogP contribution in [0.3, 0.4) is 0 Å². The quantitative estimate of drug-likeness (QED) is 0.139. The number of hydrogen-bond acceptors (Lipinski definition) is 7. The molecule has 2 aliphatic rings. The second kappa shape index (κ2) is 11.9. The van der Waals surface area contributed by atoms with Crippen molar-refractivity contribution in [3.8, 4) is 5.75 Å². The first-order chi connectivity index (χ1) is 21.6. The molecule has 1 unspecified atom stereocenters. The van der Waals surface area contributed by atoms with Crippen molar-refractivity contribution < 1.29 is 49.5 Å². The maximum Gasteiger partial charge on any atom is 0.436 e. The molecule has 1 amide bonds. The number of imidazole rings is 1. The number of hydrogen-bond donors (Lipinski definition) is 0. The van der Waals surface area contributed by atoms with Gasteiger partial charge in [-0.05, 0) is 57.3 Å². The van der Waals surface area contributed by atoms with Crippen molar-refractivity contribution >= 4 is 31.0 Å². The van der Waals surface area contributed by atoms with Gasteiger partial charge in [-0.2, -0.15) is 26.3 Å². The molecule has 1 aromatic carbocycles. The maximum absolute atomic E-state index is 14.3. The van der Waals surface area contributed by atoms with E-state index in [2.05, 4.69) is 43.8 Å². The molecule has 0 N–H and O–H groups in total. The third-order valence-corrected chi connectivity index (χ3v) is 13.9. The topological polar surface area (TPSA) is 91.9 Å². The lowest BCUT2D eigenvalue weighted by molar-refractivity contribution is -0.141. The zero-order chi connectivity index (χ0) is 34.7. The number of amides is 1. The summed E-state index contributed by atoms with van der Waals surface area (Å²) in [4.78, 5) is 21.8. The first-order valence-corrected chi connectivity index (χ1v) is 18.1. The van der Waals surface area contributed by atoms with Gasteiger partial charge in [-0.3, -0.25) is 0 Å². The highest BCUT2D eigenvalue weighted by atomic mass is 28.4. The van der Waals surface area contributed by atoms with Crippen LogP contribution in [-0.2, 0) is 21.5 Å². The van der Waals surface area contributed by atoms with Gasteiger partial charge in [0, 0.05) is 24.2 Å². The number of fused-ring (bicyclic) bond motifs is 1. The number of nitrogens with zero attached hydrogens (tertiary/aromatic N) is 4. The van der Waals surface area contributed by atoms with Gasteiger partial charge >= 0.3 is 18.4 Å². The van der Waals surface area contributed by atoms with Gasteiger partial charge in [-0.15, -0.1) is 0 Å². The van der Waals surface area contributed by atoms with Crippen LogP contribution in [0.2, 0.25) is 18.1 Å². The fourth-order valence-corrected chi connectivity index (χ4v) is 7.54. The Morgan fingerprint density at radius 1 is 1.11 bits per heavy atom. The maximum atomic E-state index is 14.3. The van der Waals surface area contributed by atoms with E-state index in [1.807, 2.05) is 6.92 Å². The molecule has 9 nitrogen and oxygen atoms in total. The van der Waals surface area contributed by atoms with E-state index in [0.29, 0.717) is 24.7 Å². The second-order valence-electron chi connectivity index (χ2n) is 13.9.